The van der Waals surface area contributed by atoms with E-state index in [1.54, 1.807) is 13.3 Å². The summed E-state index contributed by atoms with van der Waals surface area (Å²) in [5, 5.41) is 0.304. The summed E-state index contributed by atoms with van der Waals surface area (Å²) in [6.45, 7) is 0.658. The fourth-order valence-electron chi connectivity index (χ4n) is 1.26. The number of halogens is 1. The lowest BCUT2D eigenvalue weighted by atomic mass is 10.2. The number of rotatable bonds is 6. The van der Waals surface area contributed by atoms with Gasteiger partial charge in [-0.25, -0.2) is 9.97 Å². The summed E-state index contributed by atoms with van der Waals surface area (Å²) in [7, 11) is 2.98. The van der Waals surface area contributed by atoms with Gasteiger partial charge < -0.3 is 9.47 Å². The molecule has 0 bridgehead atoms. The second-order valence-corrected chi connectivity index (χ2v) is 3.81. The minimum atomic E-state index is -0.359. The van der Waals surface area contributed by atoms with Gasteiger partial charge >= 0.3 is 5.97 Å². The Morgan fingerprint density at radius 1 is 1.47 bits per heavy atom. The van der Waals surface area contributed by atoms with Crippen LogP contribution in [0.2, 0.25) is 5.15 Å². The van der Waals surface area contributed by atoms with Gasteiger partial charge in [0.1, 0.15) is 11.0 Å². The van der Waals surface area contributed by atoms with E-state index in [4.69, 9.17) is 16.3 Å². The molecule has 1 heterocycles. The van der Waals surface area contributed by atoms with Crippen LogP contribution in [0.1, 0.15) is 17.8 Å². The summed E-state index contributed by atoms with van der Waals surface area (Å²) in [5.41, 5.74) is 0.578. The van der Waals surface area contributed by atoms with Crippen molar-refractivity contribution in [1.82, 2.24) is 9.97 Å². The van der Waals surface area contributed by atoms with E-state index in [2.05, 4.69) is 14.7 Å². The normalized spacial score (nSPS) is 10.3. The van der Waals surface area contributed by atoms with Crippen LogP contribution in [0.15, 0.2) is 6.20 Å². The van der Waals surface area contributed by atoms with Gasteiger partial charge in [-0.3, -0.25) is 4.79 Å². The molecule has 1 aromatic rings. The van der Waals surface area contributed by atoms with Crippen LogP contribution < -0.4 is 0 Å². The van der Waals surface area contributed by atoms with Crippen molar-refractivity contribution in [3.63, 3.8) is 0 Å². The molecule has 5 nitrogen and oxygen atoms in total. The predicted molar refractivity (Wildman–Crippen MR) is 63.0 cm³/mol. The highest BCUT2D eigenvalue weighted by molar-refractivity contribution is 6.30. The third-order valence-electron chi connectivity index (χ3n) is 2.17. The Hall–Kier alpha value is -1.20. The van der Waals surface area contributed by atoms with Crippen molar-refractivity contribution in [2.45, 2.75) is 19.3 Å². The molecule has 94 valence electrons. The number of nitrogens with zero attached hydrogens (tertiary/aromatic N) is 2. The lowest BCUT2D eigenvalue weighted by molar-refractivity contribution is -0.139. The summed E-state index contributed by atoms with van der Waals surface area (Å²) in [4.78, 5) is 19.3. The van der Waals surface area contributed by atoms with Crippen molar-refractivity contribution in [1.29, 1.82) is 0 Å². The largest absolute Gasteiger partial charge is 0.469 e. The first kappa shape index (κ1) is 13.9. The van der Waals surface area contributed by atoms with Gasteiger partial charge in [0, 0.05) is 31.9 Å². The Morgan fingerprint density at radius 2 is 2.24 bits per heavy atom. The standard InChI is InChI=1S/C11H15ClN2O3/c1-16-5-3-4-9-13-7-8(11(12)14-9)6-10(15)17-2/h7H,3-6H2,1-2H3. The topological polar surface area (TPSA) is 61.3 Å². The molecule has 0 radical (unpaired) electrons. The first-order valence-corrected chi connectivity index (χ1v) is 5.61. The molecule has 0 aliphatic heterocycles. The SMILES string of the molecule is COCCCc1ncc(CC(=O)OC)c(Cl)n1. The van der Waals surface area contributed by atoms with E-state index in [9.17, 15) is 4.79 Å². The lowest BCUT2D eigenvalue weighted by Gasteiger charge is -2.04. The molecule has 0 N–H and O–H groups in total. The van der Waals surface area contributed by atoms with E-state index < -0.39 is 0 Å². The Morgan fingerprint density at radius 3 is 2.82 bits per heavy atom. The lowest BCUT2D eigenvalue weighted by Crippen LogP contribution is -2.07. The Kier molecular flexibility index (Phi) is 5.86. The van der Waals surface area contributed by atoms with Crippen molar-refractivity contribution >= 4 is 17.6 Å². The molecule has 1 aromatic heterocycles. The second-order valence-electron chi connectivity index (χ2n) is 3.45. The summed E-state index contributed by atoms with van der Waals surface area (Å²) >= 11 is 5.95. The molecule has 0 amide bonds. The highest BCUT2D eigenvalue weighted by Gasteiger charge is 2.09. The highest BCUT2D eigenvalue weighted by Crippen LogP contribution is 2.13. The molecule has 0 saturated carbocycles. The first-order valence-electron chi connectivity index (χ1n) is 5.23. The predicted octanol–water partition coefficient (Wildman–Crippen LogP) is 1.42. The maximum atomic E-state index is 11.1. The van der Waals surface area contributed by atoms with Crippen LogP contribution in [-0.2, 0) is 27.1 Å². The Bertz CT molecular complexity index is 385. The molecule has 0 aliphatic carbocycles. The van der Waals surface area contributed by atoms with Crippen LogP contribution in [0.5, 0.6) is 0 Å². The van der Waals surface area contributed by atoms with Gasteiger partial charge in [0.05, 0.1) is 13.5 Å². The van der Waals surface area contributed by atoms with Crippen LogP contribution in [0, 0.1) is 0 Å². The van der Waals surface area contributed by atoms with E-state index in [0.29, 0.717) is 29.6 Å². The van der Waals surface area contributed by atoms with Gasteiger partial charge in [0.25, 0.3) is 0 Å². The van der Waals surface area contributed by atoms with Gasteiger partial charge in [-0.2, -0.15) is 0 Å². The maximum absolute atomic E-state index is 11.1. The fraction of sp³-hybridized carbons (Fsp3) is 0.545. The highest BCUT2D eigenvalue weighted by atomic mass is 35.5. The van der Waals surface area contributed by atoms with Crippen molar-refractivity contribution in [2.75, 3.05) is 20.8 Å². The quantitative estimate of drug-likeness (QED) is 0.439. The van der Waals surface area contributed by atoms with Crippen molar-refractivity contribution in [3.05, 3.63) is 22.7 Å². The fourth-order valence-corrected chi connectivity index (χ4v) is 1.47. The summed E-state index contributed by atoms with van der Waals surface area (Å²) in [6, 6.07) is 0. The average Bonchev–Trinajstić information content (AvgIpc) is 2.32. The van der Waals surface area contributed by atoms with Crippen molar-refractivity contribution in [3.8, 4) is 0 Å². The molecule has 17 heavy (non-hydrogen) atoms. The van der Waals surface area contributed by atoms with E-state index >= 15 is 0 Å². The van der Waals surface area contributed by atoms with Gasteiger partial charge in [-0.05, 0) is 6.42 Å². The molecule has 0 fully saturated rings. The smallest absolute Gasteiger partial charge is 0.310 e. The number of hydrogen-bond donors (Lipinski definition) is 0. The van der Waals surface area contributed by atoms with Crippen molar-refractivity contribution in [2.24, 2.45) is 0 Å². The molecule has 1 rings (SSSR count). The van der Waals surface area contributed by atoms with E-state index in [-0.39, 0.29) is 12.4 Å². The zero-order chi connectivity index (χ0) is 12.7. The number of aromatic nitrogens is 2. The van der Waals surface area contributed by atoms with Gasteiger partial charge in [0.2, 0.25) is 0 Å². The van der Waals surface area contributed by atoms with E-state index in [1.165, 1.54) is 7.11 Å². The van der Waals surface area contributed by atoms with Gasteiger partial charge in [0.15, 0.2) is 0 Å². The number of methoxy groups -OCH3 is 2. The molecular formula is C11H15ClN2O3. The number of carbonyl (C=O) groups excluding carboxylic acids is 1. The summed E-state index contributed by atoms with van der Waals surface area (Å²) in [5.74, 6) is 0.295. The van der Waals surface area contributed by atoms with Gasteiger partial charge in [-0.15, -0.1) is 0 Å². The van der Waals surface area contributed by atoms with E-state index in [0.717, 1.165) is 6.42 Å². The first-order chi connectivity index (χ1) is 8.17. The minimum Gasteiger partial charge on any atom is -0.469 e. The third kappa shape index (κ3) is 4.66. The average molecular weight is 259 g/mol. The molecule has 0 saturated heterocycles. The Balaban J connectivity index is 2.62. The maximum Gasteiger partial charge on any atom is 0.310 e. The van der Waals surface area contributed by atoms with Crippen LogP contribution >= 0.6 is 11.6 Å². The Labute approximate surface area is 105 Å². The summed E-state index contributed by atoms with van der Waals surface area (Å²) in [6.07, 6.45) is 3.19. The van der Waals surface area contributed by atoms with Crippen LogP contribution in [0.4, 0.5) is 0 Å². The zero-order valence-corrected chi connectivity index (χ0v) is 10.7. The monoisotopic (exact) mass is 258 g/mol. The number of carbonyl (C=O) groups is 1. The van der Waals surface area contributed by atoms with Crippen molar-refractivity contribution < 1.29 is 14.3 Å². The molecular weight excluding hydrogens is 244 g/mol. The van der Waals surface area contributed by atoms with E-state index in [1.807, 2.05) is 0 Å². The molecule has 0 aromatic carbocycles. The number of aryl methyl sites for hydroxylation is 1. The molecule has 0 aliphatic rings. The number of hydrogen-bond acceptors (Lipinski definition) is 5. The summed E-state index contributed by atoms with van der Waals surface area (Å²) < 4.78 is 9.48. The molecule has 6 heteroatoms. The number of esters is 1. The minimum absolute atomic E-state index is 0.0910. The second kappa shape index (κ2) is 7.19. The molecule has 0 spiro atoms. The van der Waals surface area contributed by atoms with Gasteiger partial charge in [-0.1, -0.05) is 11.6 Å². The zero-order valence-electron chi connectivity index (χ0n) is 9.90. The molecule has 0 atom stereocenters. The van der Waals surface area contributed by atoms with Crippen LogP contribution in [-0.4, -0.2) is 36.8 Å². The third-order valence-corrected chi connectivity index (χ3v) is 2.50. The van der Waals surface area contributed by atoms with Crippen LogP contribution in [0.3, 0.4) is 0 Å². The van der Waals surface area contributed by atoms with Crippen LogP contribution in [0.25, 0.3) is 0 Å². The molecule has 0 unspecified atom stereocenters. The number of ether oxygens (including phenoxy) is 2.